The highest BCUT2D eigenvalue weighted by Crippen LogP contribution is 2.14. The fraction of sp³-hybridized carbons (Fsp3) is 0.923. The van der Waals surface area contributed by atoms with Crippen molar-refractivity contribution in [2.24, 2.45) is 0 Å². The van der Waals surface area contributed by atoms with Gasteiger partial charge in [0.2, 0.25) is 5.91 Å². The summed E-state index contributed by atoms with van der Waals surface area (Å²) in [5.74, 6) is 0.00197. The summed E-state index contributed by atoms with van der Waals surface area (Å²) in [6, 6.07) is 0.255. The normalized spacial score (nSPS) is 19.5. The molecule has 1 unspecified atom stereocenters. The molecule has 100 valence electrons. The van der Waals surface area contributed by atoms with Gasteiger partial charge in [-0.1, -0.05) is 26.2 Å². The Bertz CT molecular complexity index is 240. The van der Waals surface area contributed by atoms with Crippen molar-refractivity contribution < 1.29 is 9.53 Å². The lowest BCUT2D eigenvalue weighted by molar-refractivity contribution is -0.136. The van der Waals surface area contributed by atoms with Gasteiger partial charge in [-0.3, -0.25) is 4.79 Å². The number of carbonyl (C=O) groups excluding carboxylic acids is 1. The molecule has 1 saturated heterocycles. The first-order valence-corrected chi connectivity index (χ1v) is 6.70. The van der Waals surface area contributed by atoms with Crippen LogP contribution in [-0.4, -0.2) is 37.2 Å². The number of ether oxygens (including phenoxy) is 1. The molecule has 1 amide bonds. The minimum absolute atomic E-state index is 0.00197. The monoisotopic (exact) mass is 242 g/mol. The minimum Gasteiger partial charge on any atom is -0.363 e. The van der Waals surface area contributed by atoms with Crippen LogP contribution in [0.5, 0.6) is 0 Å². The Labute approximate surface area is 104 Å². The third-order valence-corrected chi connectivity index (χ3v) is 3.20. The fourth-order valence-corrected chi connectivity index (χ4v) is 1.91. The maximum atomic E-state index is 11.6. The van der Waals surface area contributed by atoms with Crippen LogP contribution in [0.15, 0.2) is 0 Å². The first kappa shape index (κ1) is 14.5. The standard InChI is InChI=1S/C13H26N2O2/c1-4-5-6-7-11(2)15-12(16)8-17-13(3)9-14-10-13/h11,14H,4-10H2,1-3H3,(H,15,16). The van der Waals surface area contributed by atoms with Gasteiger partial charge in [0.15, 0.2) is 0 Å². The Morgan fingerprint density at radius 1 is 1.47 bits per heavy atom. The molecule has 1 rings (SSSR count). The lowest BCUT2D eigenvalue weighted by atomic mass is 10.0. The number of unbranched alkanes of at least 4 members (excludes halogenated alkanes) is 2. The van der Waals surface area contributed by atoms with Crippen molar-refractivity contribution in [3.8, 4) is 0 Å². The van der Waals surface area contributed by atoms with Crippen molar-refractivity contribution in [3.63, 3.8) is 0 Å². The molecule has 0 bridgehead atoms. The molecular weight excluding hydrogens is 216 g/mol. The second-order valence-corrected chi connectivity index (χ2v) is 5.31. The Morgan fingerprint density at radius 2 is 2.18 bits per heavy atom. The van der Waals surface area contributed by atoms with Crippen LogP contribution in [0.1, 0.15) is 46.5 Å². The molecule has 1 aliphatic rings. The summed E-state index contributed by atoms with van der Waals surface area (Å²) >= 11 is 0. The first-order valence-electron chi connectivity index (χ1n) is 6.70. The van der Waals surface area contributed by atoms with E-state index in [1.54, 1.807) is 0 Å². The summed E-state index contributed by atoms with van der Waals surface area (Å²) in [5, 5.41) is 6.12. The largest absolute Gasteiger partial charge is 0.363 e. The van der Waals surface area contributed by atoms with Gasteiger partial charge in [0.1, 0.15) is 6.61 Å². The van der Waals surface area contributed by atoms with Crippen LogP contribution in [0, 0.1) is 0 Å². The van der Waals surface area contributed by atoms with Crippen LogP contribution in [0.2, 0.25) is 0 Å². The zero-order chi connectivity index (χ0) is 12.7. The molecule has 0 radical (unpaired) electrons. The average Bonchev–Trinajstić information content (AvgIpc) is 2.24. The molecule has 1 heterocycles. The molecule has 0 saturated carbocycles. The third kappa shape index (κ3) is 5.50. The number of hydrogen-bond donors (Lipinski definition) is 2. The van der Waals surface area contributed by atoms with E-state index in [0.29, 0.717) is 0 Å². The number of hydrogen-bond acceptors (Lipinski definition) is 3. The van der Waals surface area contributed by atoms with Crippen molar-refractivity contribution in [3.05, 3.63) is 0 Å². The van der Waals surface area contributed by atoms with Crippen molar-refractivity contribution in [2.75, 3.05) is 19.7 Å². The predicted molar refractivity (Wildman–Crippen MR) is 69.0 cm³/mol. The van der Waals surface area contributed by atoms with Crippen LogP contribution < -0.4 is 10.6 Å². The molecule has 2 N–H and O–H groups in total. The van der Waals surface area contributed by atoms with E-state index in [1.165, 1.54) is 19.3 Å². The van der Waals surface area contributed by atoms with E-state index in [1.807, 2.05) is 6.92 Å². The van der Waals surface area contributed by atoms with Gasteiger partial charge >= 0.3 is 0 Å². The van der Waals surface area contributed by atoms with Crippen molar-refractivity contribution in [1.82, 2.24) is 10.6 Å². The summed E-state index contributed by atoms with van der Waals surface area (Å²) in [5.41, 5.74) is -0.136. The van der Waals surface area contributed by atoms with Gasteiger partial charge in [-0.05, 0) is 20.3 Å². The zero-order valence-corrected chi connectivity index (χ0v) is 11.3. The summed E-state index contributed by atoms with van der Waals surface area (Å²) in [7, 11) is 0. The van der Waals surface area contributed by atoms with E-state index in [4.69, 9.17) is 4.74 Å². The Kier molecular flexibility index (Phi) is 5.92. The van der Waals surface area contributed by atoms with E-state index in [2.05, 4.69) is 24.5 Å². The smallest absolute Gasteiger partial charge is 0.246 e. The number of nitrogens with one attached hydrogen (secondary N) is 2. The van der Waals surface area contributed by atoms with E-state index >= 15 is 0 Å². The summed E-state index contributed by atoms with van der Waals surface area (Å²) in [4.78, 5) is 11.6. The SMILES string of the molecule is CCCCCC(C)NC(=O)COC1(C)CNC1. The number of amides is 1. The van der Waals surface area contributed by atoms with Gasteiger partial charge in [0, 0.05) is 19.1 Å². The van der Waals surface area contributed by atoms with Crippen LogP contribution in [0.4, 0.5) is 0 Å². The van der Waals surface area contributed by atoms with Crippen LogP contribution >= 0.6 is 0 Å². The quantitative estimate of drug-likeness (QED) is 0.633. The maximum Gasteiger partial charge on any atom is 0.246 e. The Morgan fingerprint density at radius 3 is 2.71 bits per heavy atom. The predicted octanol–water partition coefficient (Wildman–Crippen LogP) is 1.45. The molecule has 1 fully saturated rings. The van der Waals surface area contributed by atoms with Gasteiger partial charge in [-0.15, -0.1) is 0 Å². The second-order valence-electron chi connectivity index (χ2n) is 5.31. The Balaban J connectivity index is 2.07. The second kappa shape index (κ2) is 6.97. The maximum absolute atomic E-state index is 11.6. The van der Waals surface area contributed by atoms with Crippen molar-refractivity contribution >= 4 is 5.91 Å². The molecule has 1 aliphatic heterocycles. The lowest BCUT2D eigenvalue weighted by Gasteiger charge is -2.38. The molecule has 0 aromatic rings. The molecule has 0 aliphatic carbocycles. The lowest BCUT2D eigenvalue weighted by Crippen LogP contribution is -2.59. The number of carbonyl (C=O) groups is 1. The van der Waals surface area contributed by atoms with E-state index in [9.17, 15) is 4.79 Å². The summed E-state index contributed by atoms with van der Waals surface area (Å²) in [6.07, 6.45) is 4.69. The highest BCUT2D eigenvalue weighted by Gasteiger charge is 2.33. The van der Waals surface area contributed by atoms with Gasteiger partial charge < -0.3 is 15.4 Å². The first-order chi connectivity index (χ1) is 8.06. The molecular formula is C13H26N2O2. The highest BCUT2D eigenvalue weighted by atomic mass is 16.5. The van der Waals surface area contributed by atoms with Gasteiger partial charge in [-0.25, -0.2) is 0 Å². The topological polar surface area (TPSA) is 50.4 Å². The summed E-state index contributed by atoms with van der Waals surface area (Å²) < 4.78 is 5.58. The number of rotatable bonds is 8. The molecule has 17 heavy (non-hydrogen) atoms. The van der Waals surface area contributed by atoms with Crippen molar-refractivity contribution in [2.45, 2.75) is 58.1 Å². The van der Waals surface area contributed by atoms with Gasteiger partial charge in [0.25, 0.3) is 0 Å². The van der Waals surface area contributed by atoms with E-state index in [-0.39, 0.29) is 24.2 Å². The fourth-order valence-electron chi connectivity index (χ4n) is 1.91. The molecule has 0 spiro atoms. The van der Waals surface area contributed by atoms with Crippen LogP contribution in [-0.2, 0) is 9.53 Å². The van der Waals surface area contributed by atoms with E-state index in [0.717, 1.165) is 19.5 Å². The van der Waals surface area contributed by atoms with E-state index < -0.39 is 0 Å². The van der Waals surface area contributed by atoms with Crippen molar-refractivity contribution in [1.29, 1.82) is 0 Å². The average molecular weight is 242 g/mol. The Hall–Kier alpha value is -0.610. The van der Waals surface area contributed by atoms with Crippen LogP contribution in [0.25, 0.3) is 0 Å². The molecule has 1 atom stereocenters. The molecule has 4 nitrogen and oxygen atoms in total. The van der Waals surface area contributed by atoms with Crippen LogP contribution in [0.3, 0.4) is 0 Å². The summed E-state index contributed by atoms with van der Waals surface area (Å²) in [6.45, 7) is 8.13. The molecule has 4 heteroatoms. The molecule has 0 aromatic carbocycles. The third-order valence-electron chi connectivity index (χ3n) is 3.20. The zero-order valence-electron chi connectivity index (χ0n) is 11.3. The minimum atomic E-state index is -0.136. The highest BCUT2D eigenvalue weighted by molar-refractivity contribution is 5.77. The van der Waals surface area contributed by atoms with Gasteiger partial charge in [-0.2, -0.15) is 0 Å². The van der Waals surface area contributed by atoms with Gasteiger partial charge in [0.05, 0.1) is 5.60 Å². The molecule has 0 aromatic heterocycles.